The number of likely N-dealkylation sites (tertiary alicyclic amines) is 1. The van der Waals surface area contributed by atoms with Crippen molar-refractivity contribution in [3.8, 4) is 17.1 Å². The Bertz CT molecular complexity index is 1090. The molecule has 7 nitrogen and oxygen atoms in total. The van der Waals surface area contributed by atoms with E-state index in [2.05, 4.69) is 4.98 Å². The maximum atomic E-state index is 13.2. The summed E-state index contributed by atoms with van der Waals surface area (Å²) in [6.07, 6.45) is 3.43. The summed E-state index contributed by atoms with van der Waals surface area (Å²) < 4.78 is 11.0. The molecule has 0 radical (unpaired) electrons. The van der Waals surface area contributed by atoms with Crippen LogP contribution in [0.3, 0.4) is 0 Å². The number of aliphatic hydroxyl groups excluding tert-OH is 1. The zero-order chi connectivity index (χ0) is 23.4. The topological polar surface area (TPSA) is 92.9 Å². The van der Waals surface area contributed by atoms with Crippen molar-refractivity contribution in [3.05, 3.63) is 72.2 Å². The number of carbonyl (C=O) groups is 2. The van der Waals surface area contributed by atoms with Gasteiger partial charge in [-0.2, -0.15) is 0 Å². The van der Waals surface area contributed by atoms with E-state index >= 15 is 0 Å². The summed E-state index contributed by atoms with van der Waals surface area (Å²) in [6.45, 7) is 3.99. The van der Waals surface area contributed by atoms with E-state index in [0.717, 1.165) is 11.1 Å². The molecule has 1 aliphatic rings. The molecule has 1 fully saturated rings. The highest BCUT2D eigenvalue weighted by Crippen LogP contribution is 2.25. The summed E-state index contributed by atoms with van der Waals surface area (Å²) >= 11 is 0. The number of ketones is 1. The van der Waals surface area contributed by atoms with Crippen LogP contribution in [0.15, 0.2) is 65.5 Å². The highest BCUT2D eigenvalue weighted by Gasteiger charge is 2.38. The number of aryl methyl sites for hydroxylation is 1. The number of amides is 1. The van der Waals surface area contributed by atoms with E-state index in [9.17, 15) is 14.7 Å². The molecule has 1 aliphatic heterocycles. The van der Waals surface area contributed by atoms with Gasteiger partial charge in [0.1, 0.15) is 5.75 Å². The summed E-state index contributed by atoms with van der Waals surface area (Å²) in [7, 11) is 0. The molecule has 1 saturated heterocycles. The van der Waals surface area contributed by atoms with E-state index < -0.39 is 12.1 Å². The monoisotopic (exact) mass is 448 g/mol. The Labute approximate surface area is 193 Å². The van der Waals surface area contributed by atoms with Crippen molar-refractivity contribution in [2.45, 2.75) is 51.4 Å². The number of aliphatic hydroxyl groups is 1. The summed E-state index contributed by atoms with van der Waals surface area (Å²) in [5.74, 6) is 0.978. The molecule has 0 unspecified atom stereocenters. The number of hydrogen-bond acceptors (Lipinski definition) is 6. The zero-order valence-electron chi connectivity index (χ0n) is 18.8. The number of aromatic nitrogens is 1. The van der Waals surface area contributed by atoms with Crippen LogP contribution in [-0.4, -0.2) is 51.5 Å². The number of nitrogens with zero attached hydrogens (tertiary/aromatic N) is 2. The third kappa shape index (κ3) is 5.49. The molecular formula is C26H28N2O5. The van der Waals surface area contributed by atoms with Crippen LogP contribution >= 0.6 is 0 Å². The number of oxazole rings is 1. The SMILES string of the molecule is CC(C)Oc1cccc(C(=O)N2C[C@H](O)C[C@H]2C(=O)CCc2ccc(-c3cnco3)cc2)c1. The zero-order valence-corrected chi connectivity index (χ0v) is 18.8. The normalized spacial score (nSPS) is 18.0. The van der Waals surface area contributed by atoms with Gasteiger partial charge in [-0.3, -0.25) is 9.59 Å². The summed E-state index contributed by atoms with van der Waals surface area (Å²) in [5.41, 5.74) is 2.38. The largest absolute Gasteiger partial charge is 0.491 e. The van der Waals surface area contributed by atoms with Gasteiger partial charge in [-0.1, -0.05) is 30.3 Å². The molecule has 2 atom stereocenters. The predicted octanol–water partition coefficient (Wildman–Crippen LogP) is 3.91. The molecule has 0 spiro atoms. The molecule has 4 rings (SSSR count). The lowest BCUT2D eigenvalue weighted by Crippen LogP contribution is -2.40. The average molecular weight is 449 g/mol. The molecule has 2 aromatic carbocycles. The van der Waals surface area contributed by atoms with Gasteiger partial charge in [0.15, 0.2) is 17.9 Å². The third-order valence-corrected chi connectivity index (χ3v) is 5.70. The highest BCUT2D eigenvalue weighted by molar-refractivity contribution is 5.98. The molecule has 172 valence electrons. The average Bonchev–Trinajstić information content (AvgIpc) is 3.47. The summed E-state index contributed by atoms with van der Waals surface area (Å²) in [6, 6.07) is 14.1. The van der Waals surface area contributed by atoms with E-state index in [1.54, 1.807) is 30.5 Å². The fraction of sp³-hybridized carbons (Fsp3) is 0.346. The minimum atomic E-state index is -0.709. The van der Waals surface area contributed by atoms with Crippen LogP contribution in [0.2, 0.25) is 0 Å². The lowest BCUT2D eigenvalue weighted by molar-refractivity contribution is -0.122. The van der Waals surface area contributed by atoms with Crippen LogP contribution in [0, 0.1) is 0 Å². The molecular weight excluding hydrogens is 420 g/mol. The standard InChI is InChI=1S/C26H28N2O5/c1-17(2)33-22-5-3-4-20(12-22)26(31)28-15-21(29)13-23(28)24(30)11-8-18-6-9-19(10-7-18)25-14-27-16-32-25/h3-7,9-10,12,14,16-17,21,23,29H,8,11,13,15H2,1-2H3/t21-,23+/m1/s1. The molecule has 1 amide bonds. The highest BCUT2D eigenvalue weighted by atomic mass is 16.5. The lowest BCUT2D eigenvalue weighted by atomic mass is 10.00. The number of Topliss-reactive ketones (excluding diaryl/α,β-unsaturated/α-hetero) is 1. The quantitative estimate of drug-likeness (QED) is 0.562. The minimum Gasteiger partial charge on any atom is -0.491 e. The maximum absolute atomic E-state index is 13.2. The van der Waals surface area contributed by atoms with Gasteiger partial charge in [0.2, 0.25) is 0 Å². The molecule has 0 aliphatic carbocycles. The first kappa shape index (κ1) is 22.7. The molecule has 1 N–H and O–H groups in total. The van der Waals surface area contributed by atoms with Crippen molar-refractivity contribution in [3.63, 3.8) is 0 Å². The fourth-order valence-corrected chi connectivity index (χ4v) is 4.11. The Balaban J connectivity index is 1.40. The third-order valence-electron chi connectivity index (χ3n) is 5.70. The lowest BCUT2D eigenvalue weighted by Gasteiger charge is -2.24. The predicted molar refractivity (Wildman–Crippen MR) is 123 cm³/mol. The second-order valence-corrected chi connectivity index (χ2v) is 8.59. The Morgan fingerprint density at radius 2 is 2.00 bits per heavy atom. The molecule has 3 aromatic rings. The first-order chi connectivity index (χ1) is 15.9. The van der Waals surface area contributed by atoms with Crippen molar-refractivity contribution in [1.29, 1.82) is 0 Å². The van der Waals surface area contributed by atoms with Crippen LogP contribution in [0.5, 0.6) is 5.75 Å². The van der Waals surface area contributed by atoms with Gasteiger partial charge in [-0.15, -0.1) is 0 Å². The molecule has 0 saturated carbocycles. The smallest absolute Gasteiger partial charge is 0.254 e. The van der Waals surface area contributed by atoms with Gasteiger partial charge >= 0.3 is 0 Å². The molecule has 2 heterocycles. The van der Waals surface area contributed by atoms with Gasteiger partial charge < -0.3 is 19.2 Å². The first-order valence-electron chi connectivity index (χ1n) is 11.2. The van der Waals surface area contributed by atoms with Gasteiger partial charge in [0.25, 0.3) is 5.91 Å². The van der Waals surface area contributed by atoms with Gasteiger partial charge in [0.05, 0.1) is 24.4 Å². The van der Waals surface area contributed by atoms with Gasteiger partial charge in [-0.25, -0.2) is 4.98 Å². The number of ether oxygens (including phenoxy) is 1. The van der Waals surface area contributed by atoms with E-state index in [1.165, 1.54) is 11.3 Å². The van der Waals surface area contributed by atoms with Crippen LogP contribution in [0.4, 0.5) is 0 Å². The molecule has 33 heavy (non-hydrogen) atoms. The van der Waals surface area contributed by atoms with Crippen molar-refractivity contribution < 1.29 is 23.8 Å². The van der Waals surface area contributed by atoms with Crippen molar-refractivity contribution in [1.82, 2.24) is 9.88 Å². The van der Waals surface area contributed by atoms with Crippen LogP contribution in [0.1, 0.15) is 42.6 Å². The van der Waals surface area contributed by atoms with E-state index in [-0.39, 0.29) is 30.8 Å². The number of rotatable bonds is 8. The van der Waals surface area contributed by atoms with Crippen LogP contribution in [0.25, 0.3) is 11.3 Å². The van der Waals surface area contributed by atoms with E-state index in [4.69, 9.17) is 9.15 Å². The second-order valence-electron chi connectivity index (χ2n) is 8.59. The van der Waals surface area contributed by atoms with E-state index in [0.29, 0.717) is 29.9 Å². The van der Waals surface area contributed by atoms with Crippen LogP contribution in [-0.2, 0) is 11.2 Å². The fourth-order valence-electron chi connectivity index (χ4n) is 4.11. The Kier molecular flexibility index (Phi) is 6.89. The molecule has 7 heteroatoms. The van der Waals surface area contributed by atoms with Crippen molar-refractivity contribution >= 4 is 11.7 Å². The molecule has 0 bridgehead atoms. The maximum Gasteiger partial charge on any atom is 0.254 e. The Morgan fingerprint density at radius 3 is 2.70 bits per heavy atom. The van der Waals surface area contributed by atoms with Gasteiger partial charge in [-0.05, 0) is 44.0 Å². The minimum absolute atomic E-state index is 0.0110. The van der Waals surface area contributed by atoms with Crippen molar-refractivity contribution in [2.24, 2.45) is 0 Å². The Morgan fingerprint density at radius 1 is 1.21 bits per heavy atom. The van der Waals surface area contributed by atoms with Crippen molar-refractivity contribution in [2.75, 3.05) is 6.54 Å². The number of β-amino-alcohol motifs (C(OH)–C–C–N with tert-alkyl or cyclic N) is 1. The van der Waals surface area contributed by atoms with Gasteiger partial charge in [0, 0.05) is 30.5 Å². The molecule has 1 aromatic heterocycles. The Hall–Kier alpha value is -3.45. The number of carbonyl (C=O) groups excluding carboxylic acids is 2. The summed E-state index contributed by atoms with van der Waals surface area (Å²) in [5, 5.41) is 10.2. The van der Waals surface area contributed by atoms with Crippen LogP contribution < -0.4 is 4.74 Å². The number of hydrogen-bond donors (Lipinski definition) is 1. The second kappa shape index (κ2) is 10.0. The summed E-state index contributed by atoms with van der Waals surface area (Å²) in [4.78, 5) is 31.6. The first-order valence-corrected chi connectivity index (χ1v) is 11.2. The number of benzene rings is 2. The van der Waals surface area contributed by atoms with E-state index in [1.807, 2.05) is 38.1 Å².